The summed E-state index contributed by atoms with van der Waals surface area (Å²) >= 11 is 0. The molecular weight excluding hydrogens is 409 g/mol. The highest BCUT2D eigenvalue weighted by Crippen LogP contribution is 2.30. The SMILES string of the molecule is CS(=O)(=O)N1CCC(NC(=O)C2CCN(c3ccc(C(F)(F)F)cn3)CC2)CC1. The van der Waals surface area contributed by atoms with Crippen LogP contribution in [0.3, 0.4) is 0 Å². The average Bonchev–Trinajstić information content (AvgIpc) is 2.67. The largest absolute Gasteiger partial charge is 0.417 e. The predicted octanol–water partition coefficient (Wildman–Crippen LogP) is 1.86. The molecule has 0 aliphatic carbocycles. The maximum atomic E-state index is 12.6. The highest BCUT2D eigenvalue weighted by Gasteiger charge is 2.32. The van der Waals surface area contributed by atoms with Gasteiger partial charge in [-0.1, -0.05) is 0 Å². The standard InChI is InChI=1S/C18H25F3N4O3S/c1-29(27,28)25-10-6-15(7-11-25)23-17(26)13-4-8-24(9-5-13)16-3-2-14(12-22-16)18(19,20)21/h2-3,12-13,15H,4-11H2,1H3,(H,23,26). The maximum Gasteiger partial charge on any atom is 0.417 e. The summed E-state index contributed by atoms with van der Waals surface area (Å²) in [7, 11) is -3.19. The van der Waals surface area contributed by atoms with E-state index in [1.54, 1.807) is 0 Å². The van der Waals surface area contributed by atoms with E-state index >= 15 is 0 Å². The first kappa shape index (κ1) is 21.8. The predicted molar refractivity (Wildman–Crippen MR) is 102 cm³/mol. The lowest BCUT2D eigenvalue weighted by Gasteiger charge is -2.34. The summed E-state index contributed by atoms with van der Waals surface area (Å²) in [5.74, 6) is 0.279. The van der Waals surface area contributed by atoms with Gasteiger partial charge in [0, 0.05) is 44.3 Å². The van der Waals surface area contributed by atoms with Crippen LogP contribution in [-0.4, -0.2) is 62.1 Å². The normalized spacial score (nSPS) is 20.6. The van der Waals surface area contributed by atoms with Gasteiger partial charge >= 0.3 is 6.18 Å². The second kappa shape index (κ2) is 8.47. The van der Waals surface area contributed by atoms with Crippen LogP contribution in [0, 0.1) is 5.92 Å². The number of anilines is 1. The summed E-state index contributed by atoms with van der Waals surface area (Å²) in [5, 5.41) is 3.02. The second-order valence-electron chi connectivity index (χ2n) is 7.61. The van der Waals surface area contributed by atoms with Gasteiger partial charge in [0.2, 0.25) is 15.9 Å². The number of hydrogen-bond donors (Lipinski definition) is 1. The Labute approximate surface area is 168 Å². The van der Waals surface area contributed by atoms with Crippen molar-refractivity contribution < 1.29 is 26.4 Å². The fourth-order valence-corrected chi connectivity index (χ4v) is 4.64. The topological polar surface area (TPSA) is 82.6 Å². The molecule has 0 bridgehead atoms. The van der Waals surface area contributed by atoms with Gasteiger partial charge in [-0.3, -0.25) is 4.79 Å². The summed E-state index contributed by atoms with van der Waals surface area (Å²) in [6.07, 6.45) is -0.0238. The van der Waals surface area contributed by atoms with Gasteiger partial charge in [-0.25, -0.2) is 17.7 Å². The number of aromatic nitrogens is 1. The number of hydrogen-bond acceptors (Lipinski definition) is 5. The van der Waals surface area contributed by atoms with Crippen molar-refractivity contribution in [2.75, 3.05) is 37.3 Å². The molecule has 1 N–H and O–H groups in total. The summed E-state index contributed by atoms with van der Waals surface area (Å²) in [6, 6.07) is 2.35. The average molecular weight is 434 g/mol. The lowest BCUT2D eigenvalue weighted by atomic mass is 9.94. The third-order valence-corrected chi connectivity index (χ3v) is 6.84. The zero-order chi connectivity index (χ0) is 21.2. The van der Waals surface area contributed by atoms with Crippen LogP contribution in [0.2, 0.25) is 0 Å². The fourth-order valence-electron chi connectivity index (χ4n) is 3.76. The van der Waals surface area contributed by atoms with Crippen LogP contribution in [0.15, 0.2) is 18.3 Å². The number of nitrogens with one attached hydrogen (secondary N) is 1. The van der Waals surface area contributed by atoms with Crippen molar-refractivity contribution in [3.63, 3.8) is 0 Å². The second-order valence-corrected chi connectivity index (χ2v) is 9.59. The van der Waals surface area contributed by atoms with E-state index in [1.165, 1.54) is 16.6 Å². The molecule has 0 atom stereocenters. The van der Waals surface area contributed by atoms with Crippen molar-refractivity contribution in [1.82, 2.24) is 14.6 Å². The Morgan fingerprint density at radius 3 is 2.21 bits per heavy atom. The molecule has 3 rings (SSSR count). The highest BCUT2D eigenvalue weighted by molar-refractivity contribution is 7.88. The Bertz CT molecular complexity index is 814. The lowest BCUT2D eigenvalue weighted by molar-refractivity contribution is -0.137. The van der Waals surface area contributed by atoms with E-state index < -0.39 is 21.8 Å². The van der Waals surface area contributed by atoms with Crippen LogP contribution in [-0.2, 0) is 21.0 Å². The molecule has 11 heteroatoms. The van der Waals surface area contributed by atoms with Crippen molar-refractivity contribution >= 4 is 21.7 Å². The first-order chi connectivity index (χ1) is 13.5. The van der Waals surface area contributed by atoms with Crippen molar-refractivity contribution in [2.45, 2.75) is 37.9 Å². The Morgan fingerprint density at radius 1 is 1.10 bits per heavy atom. The van der Waals surface area contributed by atoms with Crippen LogP contribution in [0.25, 0.3) is 0 Å². The Morgan fingerprint density at radius 2 is 1.72 bits per heavy atom. The molecule has 29 heavy (non-hydrogen) atoms. The molecular formula is C18H25F3N4O3S. The number of rotatable bonds is 4. The molecule has 0 unspecified atom stereocenters. The van der Waals surface area contributed by atoms with Gasteiger partial charge in [-0.15, -0.1) is 0 Å². The summed E-state index contributed by atoms with van der Waals surface area (Å²) in [5.41, 5.74) is -0.780. The molecule has 2 fully saturated rings. The van der Waals surface area contributed by atoms with E-state index in [2.05, 4.69) is 10.3 Å². The number of piperidine rings is 2. The minimum atomic E-state index is -4.41. The van der Waals surface area contributed by atoms with Gasteiger partial charge in [0.05, 0.1) is 11.8 Å². The quantitative estimate of drug-likeness (QED) is 0.782. The summed E-state index contributed by atoms with van der Waals surface area (Å²) in [4.78, 5) is 18.3. The van der Waals surface area contributed by atoms with Crippen LogP contribution in [0.5, 0.6) is 0 Å². The molecule has 7 nitrogen and oxygen atoms in total. The van der Waals surface area contributed by atoms with Gasteiger partial charge in [-0.05, 0) is 37.8 Å². The zero-order valence-electron chi connectivity index (χ0n) is 16.2. The third-order valence-electron chi connectivity index (χ3n) is 5.53. The lowest BCUT2D eigenvalue weighted by Crippen LogP contribution is -2.49. The molecule has 0 spiro atoms. The van der Waals surface area contributed by atoms with Crippen LogP contribution < -0.4 is 10.2 Å². The van der Waals surface area contributed by atoms with Crippen LogP contribution in [0.1, 0.15) is 31.2 Å². The van der Waals surface area contributed by atoms with Gasteiger partial charge in [0.15, 0.2) is 0 Å². The smallest absolute Gasteiger partial charge is 0.357 e. The number of pyridine rings is 1. The Kier molecular flexibility index (Phi) is 6.37. The van der Waals surface area contributed by atoms with Gasteiger partial charge < -0.3 is 10.2 Å². The molecule has 0 saturated carbocycles. The molecule has 2 saturated heterocycles. The third kappa shape index (κ3) is 5.59. The van der Waals surface area contributed by atoms with E-state index in [9.17, 15) is 26.4 Å². The first-order valence-electron chi connectivity index (χ1n) is 9.58. The van der Waals surface area contributed by atoms with E-state index in [-0.39, 0.29) is 17.9 Å². The number of carbonyl (C=O) groups excluding carboxylic acids is 1. The van der Waals surface area contributed by atoms with Crippen molar-refractivity contribution in [3.05, 3.63) is 23.9 Å². The molecule has 0 aromatic carbocycles. The summed E-state index contributed by atoms with van der Waals surface area (Å²) in [6.45, 7) is 1.90. The number of carbonyl (C=O) groups is 1. The number of amides is 1. The minimum Gasteiger partial charge on any atom is -0.357 e. The molecule has 1 aromatic heterocycles. The van der Waals surface area contributed by atoms with Crippen molar-refractivity contribution in [2.24, 2.45) is 5.92 Å². The molecule has 1 amide bonds. The first-order valence-corrected chi connectivity index (χ1v) is 11.4. The Hall–Kier alpha value is -1.88. The van der Waals surface area contributed by atoms with E-state index in [4.69, 9.17) is 0 Å². The Balaban J connectivity index is 1.46. The van der Waals surface area contributed by atoms with Gasteiger partial charge in [-0.2, -0.15) is 13.2 Å². The number of nitrogens with zero attached hydrogens (tertiary/aromatic N) is 3. The van der Waals surface area contributed by atoms with Crippen LogP contribution >= 0.6 is 0 Å². The monoisotopic (exact) mass is 434 g/mol. The zero-order valence-corrected chi connectivity index (χ0v) is 17.0. The van der Waals surface area contributed by atoms with Crippen molar-refractivity contribution in [3.8, 4) is 0 Å². The fraction of sp³-hybridized carbons (Fsp3) is 0.667. The number of alkyl halides is 3. The van der Waals surface area contributed by atoms with E-state index in [0.717, 1.165) is 12.3 Å². The number of sulfonamides is 1. The molecule has 2 aliphatic rings. The minimum absolute atomic E-state index is 0.0323. The van der Waals surface area contributed by atoms with Crippen molar-refractivity contribution in [1.29, 1.82) is 0 Å². The highest BCUT2D eigenvalue weighted by atomic mass is 32.2. The number of halogens is 3. The van der Waals surface area contributed by atoms with Gasteiger partial charge in [0.25, 0.3) is 0 Å². The van der Waals surface area contributed by atoms with E-state index in [1.807, 2.05) is 4.90 Å². The van der Waals surface area contributed by atoms with Gasteiger partial charge in [0.1, 0.15) is 5.82 Å². The molecule has 3 heterocycles. The molecule has 0 radical (unpaired) electrons. The maximum absolute atomic E-state index is 12.6. The van der Waals surface area contributed by atoms with E-state index in [0.29, 0.717) is 57.7 Å². The van der Waals surface area contributed by atoms with Crippen LogP contribution in [0.4, 0.5) is 19.0 Å². The molecule has 2 aliphatic heterocycles. The summed E-state index contributed by atoms with van der Waals surface area (Å²) < 4.78 is 62.5. The molecule has 1 aromatic rings. The molecule has 162 valence electrons.